The van der Waals surface area contributed by atoms with Crippen LogP contribution >= 0.6 is 0 Å². The molecule has 0 bridgehead atoms. The third-order valence-electron chi connectivity index (χ3n) is 13.6. The van der Waals surface area contributed by atoms with E-state index in [2.05, 4.69) is 35.9 Å². The number of aliphatic hydroxyl groups is 2. The van der Waals surface area contributed by atoms with E-state index in [0.29, 0.717) is 48.3 Å². The summed E-state index contributed by atoms with van der Waals surface area (Å²) >= 11 is 0. The third-order valence-corrected chi connectivity index (χ3v) is 15.3. The number of aromatic nitrogens is 2. The summed E-state index contributed by atoms with van der Waals surface area (Å²) in [6.07, 6.45) is 8.60. The normalized spacial score (nSPS) is 33.9. The Balaban J connectivity index is 0.930. The van der Waals surface area contributed by atoms with Crippen molar-refractivity contribution in [2.45, 2.75) is 126 Å². The van der Waals surface area contributed by atoms with Crippen LogP contribution in [0, 0.1) is 51.5 Å². The SMILES string of the molecule is C[C@H](NC(=O)CC[C@@H](C)[C@H]1CC[C@H]2C3[C@@H](O)C[C@@H]4C[C@H](O)CC[C@]4(C)[C@H]3CC[C@]12C)C(=O)OCCCOc1no[n+]([O-])c1S(=O)(=O)c1ccccc1. The van der Waals surface area contributed by atoms with E-state index >= 15 is 0 Å². The molecule has 0 saturated heterocycles. The average molecular weight is 746 g/mol. The molecule has 2 aromatic rings. The molecule has 52 heavy (non-hydrogen) atoms. The first-order valence-electron chi connectivity index (χ1n) is 19.0. The molecule has 1 heterocycles. The number of carbonyl (C=O) groups is 2. The Morgan fingerprint density at radius 3 is 2.50 bits per heavy atom. The second kappa shape index (κ2) is 15.3. The first-order chi connectivity index (χ1) is 24.7. The molecule has 11 atom stereocenters. The van der Waals surface area contributed by atoms with Crippen LogP contribution in [0.25, 0.3) is 0 Å². The van der Waals surface area contributed by atoms with Gasteiger partial charge in [-0.2, -0.15) is 0 Å². The predicted molar refractivity (Wildman–Crippen MR) is 187 cm³/mol. The zero-order valence-corrected chi connectivity index (χ0v) is 31.6. The van der Waals surface area contributed by atoms with Gasteiger partial charge in [0.05, 0.1) is 35.5 Å². The predicted octanol–water partition coefficient (Wildman–Crippen LogP) is 4.36. The Morgan fingerprint density at radius 2 is 1.75 bits per heavy atom. The average Bonchev–Trinajstić information content (AvgIpc) is 3.67. The summed E-state index contributed by atoms with van der Waals surface area (Å²) in [4.78, 5) is 25.2. The number of nitrogens with zero attached hydrogens (tertiary/aromatic N) is 2. The van der Waals surface area contributed by atoms with Gasteiger partial charge in [0.2, 0.25) is 5.91 Å². The van der Waals surface area contributed by atoms with Gasteiger partial charge >= 0.3 is 16.9 Å². The van der Waals surface area contributed by atoms with Gasteiger partial charge in [0.25, 0.3) is 9.84 Å². The first-order valence-corrected chi connectivity index (χ1v) is 20.5. The van der Waals surface area contributed by atoms with Gasteiger partial charge in [-0.15, -0.1) is 0 Å². The number of sulfone groups is 1. The lowest BCUT2D eigenvalue weighted by atomic mass is 9.43. The largest absolute Gasteiger partial charge is 0.464 e. The molecule has 4 fully saturated rings. The molecule has 1 unspecified atom stereocenters. The highest BCUT2D eigenvalue weighted by Gasteiger charge is 2.62. The molecule has 1 aromatic carbocycles. The lowest BCUT2D eigenvalue weighted by Gasteiger charge is -2.62. The third kappa shape index (κ3) is 7.31. The van der Waals surface area contributed by atoms with E-state index in [9.17, 15) is 33.4 Å². The van der Waals surface area contributed by atoms with Crippen molar-refractivity contribution < 1.29 is 47.2 Å². The molecule has 14 heteroatoms. The van der Waals surface area contributed by atoms with Crippen molar-refractivity contribution in [2.24, 2.45) is 46.3 Å². The zero-order chi connectivity index (χ0) is 37.4. The Kier molecular flexibility index (Phi) is 11.3. The summed E-state index contributed by atoms with van der Waals surface area (Å²) in [5.41, 5.74) is 0.313. The van der Waals surface area contributed by atoms with E-state index in [4.69, 9.17) is 9.47 Å². The van der Waals surface area contributed by atoms with Gasteiger partial charge in [-0.25, -0.2) is 13.2 Å². The number of carbonyl (C=O) groups excluding carboxylic acids is 2. The smallest absolute Gasteiger partial charge is 0.414 e. The number of nitrogens with one attached hydrogen (secondary N) is 1. The highest BCUT2D eigenvalue weighted by molar-refractivity contribution is 7.91. The quantitative estimate of drug-likeness (QED) is 0.150. The van der Waals surface area contributed by atoms with Crippen LogP contribution in [0.1, 0.15) is 98.3 Å². The van der Waals surface area contributed by atoms with Gasteiger partial charge in [0.15, 0.2) is 0 Å². The topological polar surface area (TPSA) is 192 Å². The Hall–Kier alpha value is -3.23. The maximum atomic E-state index is 12.9. The molecule has 13 nitrogen and oxygen atoms in total. The van der Waals surface area contributed by atoms with Crippen LogP contribution in [0.4, 0.5) is 0 Å². The molecule has 4 aliphatic rings. The van der Waals surface area contributed by atoms with Crippen molar-refractivity contribution in [1.82, 2.24) is 10.5 Å². The van der Waals surface area contributed by atoms with Crippen LogP contribution in [0.5, 0.6) is 5.88 Å². The summed E-state index contributed by atoms with van der Waals surface area (Å²) in [6, 6.07) is 6.50. The van der Waals surface area contributed by atoms with Gasteiger partial charge in [-0.1, -0.05) is 39.0 Å². The summed E-state index contributed by atoms with van der Waals surface area (Å²) in [7, 11) is -4.25. The fraction of sp³-hybridized carbons (Fsp3) is 0.737. The molecule has 0 radical (unpaired) electrons. The van der Waals surface area contributed by atoms with Crippen molar-refractivity contribution in [3.8, 4) is 5.88 Å². The van der Waals surface area contributed by atoms with Crippen LogP contribution < -0.4 is 15.0 Å². The van der Waals surface area contributed by atoms with Crippen molar-refractivity contribution in [3.05, 3.63) is 35.5 Å². The number of ether oxygens (including phenoxy) is 2. The van der Waals surface area contributed by atoms with E-state index < -0.39 is 32.8 Å². The fourth-order valence-electron chi connectivity index (χ4n) is 10.9. The van der Waals surface area contributed by atoms with Crippen LogP contribution in [0.15, 0.2) is 44.9 Å². The molecule has 0 spiro atoms. The van der Waals surface area contributed by atoms with Crippen LogP contribution in [0.2, 0.25) is 0 Å². The minimum Gasteiger partial charge on any atom is -0.464 e. The Bertz CT molecular complexity index is 1690. The molecule has 6 rings (SSSR count). The Morgan fingerprint density at radius 1 is 1.04 bits per heavy atom. The number of amides is 1. The maximum Gasteiger partial charge on any atom is 0.414 e. The molecule has 1 amide bonds. The van der Waals surface area contributed by atoms with Gasteiger partial charge in [-0.05, 0) is 128 Å². The van der Waals surface area contributed by atoms with Gasteiger partial charge in [0.1, 0.15) is 6.04 Å². The molecule has 1 aromatic heterocycles. The molecule has 4 saturated carbocycles. The second-order valence-corrected chi connectivity index (χ2v) is 18.3. The minimum atomic E-state index is -4.25. The molecular weight excluding hydrogens is 690 g/mol. The Labute approximate surface area is 306 Å². The summed E-state index contributed by atoms with van der Waals surface area (Å²) in [5, 5.41) is 39.3. The maximum absolute atomic E-state index is 12.9. The summed E-state index contributed by atoms with van der Waals surface area (Å²) in [6.45, 7) is 8.49. The van der Waals surface area contributed by atoms with E-state index in [0.717, 1.165) is 51.4 Å². The van der Waals surface area contributed by atoms with Gasteiger partial charge < -0.3 is 30.2 Å². The zero-order valence-electron chi connectivity index (χ0n) is 30.7. The van der Waals surface area contributed by atoms with Gasteiger partial charge in [-0.3, -0.25) is 9.42 Å². The monoisotopic (exact) mass is 745 g/mol. The number of rotatable bonds is 13. The number of hydrogen-bond donors (Lipinski definition) is 3. The highest BCUT2D eigenvalue weighted by atomic mass is 32.2. The van der Waals surface area contributed by atoms with Crippen molar-refractivity contribution >= 4 is 21.7 Å². The summed E-state index contributed by atoms with van der Waals surface area (Å²) < 4.78 is 40.9. The number of hydrogen-bond acceptors (Lipinski definition) is 11. The molecular formula is C38H55N3O10S. The molecule has 288 valence electrons. The molecule has 0 aliphatic heterocycles. The second-order valence-electron chi connectivity index (χ2n) is 16.5. The standard InChI is InChI=1S/C38H55N3O10S/c1-23(28-12-13-29-33-30(16-18-38(28,29)4)37(3)17-15-26(42)21-25(37)22-31(33)43)11-14-32(44)39-24(2)36(45)50-20-8-19-49-34-35(41(46)51-40-34)52(47,48)27-9-6-5-7-10-27/h5-7,9-10,23-26,28-31,33,42-43H,8,11-22H2,1-4H3,(H,39,44)/t23-,24+,25+,26-,28-,29+,30+,31+,33?,37+,38-/m1/s1. The minimum absolute atomic E-state index is 0.0637. The highest BCUT2D eigenvalue weighted by Crippen LogP contribution is 2.68. The van der Waals surface area contributed by atoms with Crippen molar-refractivity contribution in [1.29, 1.82) is 0 Å². The van der Waals surface area contributed by atoms with E-state index in [1.807, 2.05) is 0 Å². The van der Waals surface area contributed by atoms with Gasteiger partial charge in [0, 0.05) is 12.8 Å². The number of aliphatic hydroxyl groups excluding tert-OH is 2. The van der Waals surface area contributed by atoms with E-state index in [1.54, 1.807) is 13.0 Å². The lowest BCUT2D eigenvalue weighted by Crippen LogP contribution is -2.58. The number of benzene rings is 1. The van der Waals surface area contributed by atoms with Crippen LogP contribution in [0.3, 0.4) is 0 Å². The lowest BCUT2D eigenvalue weighted by molar-refractivity contribution is -0.832. The number of esters is 1. The first kappa shape index (κ1) is 38.5. The summed E-state index contributed by atoms with van der Waals surface area (Å²) in [5.74, 6) is 1.13. The molecule has 3 N–H and O–H groups in total. The van der Waals surface area contributed by atoms with Crippen LogP contribution in [-0.2, 0) is 24.2 Å². The molecule has 4 aliphatic carbocycles. The van der Waals surface area contributed by atoms with E-state index in [-0.39, 0.29) is 58.4 Å². The van der Waals surface area contributed by atoms with Crippen LogP contribution in [-0.4, -0.2) is 67.1 Å². The van der Waals surface area contributed by atoms with Crippen molar-refractivity contribution in [2.75, 3.05) is 13.2 Å². The van der Waals surface area contributed by atoms with E-state index in [1.165, 1.54) is 24.3 Å². The number of fused-ring (bicyclic) bond motifs is 5. The fourth-order valence-corrected chi connectivity index (χ4v) is 12.2. The van der Waals surface area contributed by atoms with Crippen molar-refractivity contribution in [3.63, 3.8) is 0 Å².